The molecule has 9 N–H and O–H groups in total. The topological polar surface area (TPSA) is 381 Å². The molecule has 3 aromatic heterocycles. The van der Waals surface area contributed by atoms with Gasteiger partial charge < -0.3 is 50.8 Å². The molecule has 0 saturated carbocycles. The second-order valence-corrected chi connectivity index (χ2v) is 17.9. The number of phosphoric acid groups is 2. The number of sulfone groups is 1. The first-order chi connectivity index (χ1) is 27.1. The van der Waals surface area contributed by atoms with Gasteiger partial charge in [-0.2, -0.15) is 4.98 Å². The minimum absolute atomic E-state index is 0.0291. The molecule has 0 bridgehead atoms. The van der Waals surface area contributed by atoms with Crippen LogP contribution in [0.3, 0.4) is 0 Å². The number of fused-ring (bicyclic) bond motifs is 1. The van der Waals surface area contributed by atoms with Crippen molar-refractivity contribution in [2.24, 2.45) is 0 Å². The van der Waals surface area contributed by atoms with Crippen molar-refractivity contribution < 1.29 is 74.7 Å². The second-order valence-electron chi connectivity index (χ2n) is 13.0. The molecule has 0 aliphatic carbocycles. The number of aliphatic hydroxyl groups is 1. The summed E-state index contributed by atoms with van der Waals surface area (Å²) in [6, 6.07) is -0.286. The van der Waals surface area contributed by atoms with Gasteiger partial charge in [0.15, 0.2) is 23.8 Å². The number of aliphatic hydroxyl groups excluding tert-OH is 1. The SMILES string of the molecule is C=CCCC(=O)N[C@@H](CCS(C)(=O)=O)C(=O)O[C@@H]1[C@@H](COP(=O)(O)O[C@H]2C[C@H](n3ccc(N)nc3=O)O[C@@H]2COP(=O)(O)O)OC(n2cnc3c(N)ncnc32)[C@@H]1O. The van der Waals surface area contributed by atoms with Crippen LogP contribution < -0.4 is 22.5 Å². The highest BCUT2D eigenvalue weighted by Crippen LogP contribution is 2.50. The lowest BCUT2D eigenvalue weighted by molar-refractivity contribution is -0.160. The van der Waals surface area contributed by atoms with E-state index < -0.39 is 117 Å². The van der Waals surface area contributed by atoms with Gasteiger partial charge in [0.25, 0.3) is 0 Å². The van der Waals surface area contributed by atoms with E-state index in [0.717, 1.165) is 17.2 Å². The highest BCUT2D eigenvalue weighted by atomic mass is 32.2. The molecule has 320 valence electrons. The van der Waals surface area contributed by atoms with Crippen LogP contribution in [0.2, 0.25) is 0 Å². The summed E-state index contributed by atoms with van der Waals surface area (Å²) in [5, 5.41) is 13.9. The fourth-order valence-corrected chi connectivity index (χ4v) is 7.86. The highest BCUT2D eigenvalue weighted by molar-refractivity contribution is 7.90. The Bertz CT molecular complexity index is 2260. The number of aromatic nitrogens is 6. The number of carbonyl (C=O) groups is 2. The molecule has 0 radical (unpaired) electrons. The maximum Gasteiger partial charge on any atom is 0.472 e. The monoisotopic (exact) mass is 881 g/mol. The molecule has 0 aromatic carbocycles. The summed E-state index contributed by atoms with van der Waals surface area (Å²) in [7, 11) is -14.0. The van der Waals surface area contributed by atoms with Crippen molar-refractivity contribution in [2.75, 3.05) is 36.7 Å². The molecule has 2 fully saturated rings. The molecule has 2 saturated heterocycles. The van der Waals surface area contributed by atoms with E-state index >= 15 is 0 Å². The molecule has 29 heteroatoms. The van der Waals surface area contributed by atoms with Gasteiger partial charge in [-0.1, -0.05) is 6.08 Å². The molecule has 5 rings (SSSR count). The molecule has 26 nitrogen and oxygen atoms in total. The van der Waals surface area contributed by atoms with E-state index in [1.807, 2.05) is 0 Å². The van der Waals surface area contributed by atoms with Gasteiger partial charge in [-0.05, 0) is 18.9 Å². The third-order valence-electron chi connectivity index (χ3n) is 8.62. The van der Waals surface area contributed by atoms with Crippen LogP contribution in [0.25, 0.3) is 11.2 Å². The lowest BCUT2D eigenvalue weighted by atomic mass is 10.1. The van der Waals surface area contributed by atoms with Crippen LogP contribution in [0.5, 0.6) is 0 Å². The standard InChI is InChI=1S/C29H41N9O17P2S/c1-3-4-5-20(39)35-15(7-9-58(2,48)49)28(41)54-24-18(53-27(23(24)40)38-14-34-22-25(31)32-13-33-26(22)38)12-51-57(46,47)55-16-10-21(37-8-6-19(30)36-29(37)42)52-17(16)11-50-56(43,44)45/h3,6,8,13-18,21,23-24,27,40H,1,4-5,7,9-12H2,2H3,(H,35,39)(H,46,47)(H2,30,36,42)(H2,31,32,33)(H2,43,44,45)/t15-,16-,17+,18+,21+,23+,24+,27?/m0/s1. The number of nitrogen functional groups attached to an aromatic ring is 2. The first-order valence-electron chi connectivity index (χ1n) is 17.1. The quantitative estimate of drug-likeness (QED) is 0.0397. The maximum absolute atomic E-state index is 13.6. The number of nitrogens with two attached hydrogens (primary N) is 2. The molecule has 0 spiro atoms. The number of anilines is 2. The Morgan fingerprint density at radius 3 is 2.52 bits per heavy atom. The fourth-order valence-electron chi connectivity index (χ4n) is 5.90. The molecule has 58 heavy (non-hydrogen) atoms. The van der Waals surface area contributed by atoms with Crippen LogP contribution in [-0.4, -0.2) is 131 Å². The number of ether oxygens (including phenoxy) is 3. The number of nitrogens with one attached hydrogen (secondary N) is 1. The number of nitrogens with zero attached hydrogens (tertiary/aromatic N) is 6. The number of amides is 1. The van der Waals surface area contributed by atoms with E-state index in [0.29, 0.717) is 0 Å². The maximum atomic E-state index is 13.6. The van der Waals surface area contributed by atoms with Gasteiger partial charge in [-0.3, -0.25) is 27.5 Å². The minimum atomic E-state index is -5.26. The molecular formula is C29H41N9O17P2S. The van der Waals surface area contributed by atoms with E-state index in [4.69, 9.17) is 34.7 Å². The Balaban J connectivity index is 1.38. The van der Waals surface area contributed by atoms with Crippen molar-refractivity contribution in [3.05, 3.63) is 48.1 Å². The Labute approximate surface area is 328 Å². The Morgan fingerprint density at radius 2 is 1.84 bits per heavy atom. The normalized spacial score (nSPS) is 25.3. The molecule has 3 aromatic rings. The largest absolute Gasteiger partial charge is 0.472 e. The summed E-state index contributed by atoms with van der Waals surface area (Å²) in [5.74, 6) is -2.54. The van der Waals surface area contributed by atoms with Crippen molar-refractivity contribution in [1.82, 2.24) is 34.4 Å². The van der Waals surface area contributed by atoms with E-state index in [9.17, 15) is 51.7 Å². The van der Waals surface area contributed by atoms with Gasteiger partial charge in [0.2, 0.25) is 5.91 Å². The summed E-state index contributed by atoms with van der Waals surface area (Å²) in [4.78, 5) is 83.7. The molecule has 1 amide bonds. The number of hydrogen-bond donors (Lipinski definition) is 7. The minimum Gasteiger partial charge on any atom is -0.455 e. The third-order valence-corrected chi connectivity index (χ3v) is 11.1. The van der Waals surface area contributed by atoms with Gasteiger partial charge >= 0.3 is 27.3 Å². The zero-order valence-corrected chi connectivity index (χ0v) is 33.0. The number of esters is 1. The number of hydrogen-bond acceptors (Lipinski definition) is 20. The summed E-state index contributed by atoms with van der Waals surface area (Å²) in [6.07, 6.45) is -5.67. The fraction of sp³-hybridized carbons (Fsp3) is 0.552. The van der Waals surface area contributed by atoms with Gasteiger partial charge in [0.1, 0.15) is 64.2 Å². The summed E-state index contributed by atoms with van der Waals surface area (Å²) < 4.78 is 83.3. The average molecular weight is 882 g/mol. The van der Waals surface area contributed by atoms with Crippen molar-refractivity contribution in [3.63, 3.8) is 0 Å². The van der Waals surface area contributed by atoms with Crippen LogP contribution in [0.4, 0.5) is 11.6 Å². The van der Waals surface area contributed by atoms with Crippen molar-refractivity contribution in [1.29, 1.82) is 0 Å². The zero-order valence-electron chi connectivity index (χ0n) is 30.4. The highest BCUT2D eigenvalue weighted by Gasteiger charge is 2.50. The van der Waals surface area contributed by atoms with E-state index in [-0.39, 0.29) is 42.1 Å². The van der Waals surface area contributed by atoms with Crippen molar-refractivity contribution in [3.8, 4) is 0 Å². The number of allylic oxidation sites excluding steroid dienone is 1. The first kappa shape index (κ1) is 44.9. The van der Waals surface area contributed by atoms with Gasteiger partial charge in [-0.15, -0.1) is 6.58 Å². The summed E-state index contributed by atoms with van der Waals surface area (Å²) in [6.45, 7) is 1.70. The Kier molecular flexibility index (Phi) is 14.2. The number of phosphoric ester groups is 2. The molecule has 2 aliphatic heterocycles. The molecule has 2 aliphatic rings. The van der Waals surface area contributed by atoms with E-state index in [1.54, 1.807) is 0 Å². The zero-order chi connectivity index (χ0) is 42.6. The lowest BCUT2D eigenvalue weighted by Crippen LogP contribution is -2.47. The van der Waals surface area contributed by atoms with Crippen LogP contribution >= 0.6 is 15.6 Å². The Morgan fingerprint density at radius 1 is 1.12 bits per heavy atom. The number of carbonyl (C=O) groups excluding carboxylic acids is 2. The van der Waals surface area contributed by atoms with Crippen LogP contribution in [-0.2, 0) is 56.3 Å². The third kappa shape index (κ3) is 11.7. The van der Waals surface area contributed by atoms with Crippen LogP contribution in [0.15, 0.2) is 42.4 Å². The van der Waals surface area contributed by atoms with Crippen molar-refractivity contribution in [2.45, 2.75) is 74.7 Å². The molecule has 9 atom stereocenters. The Hall–Kier alpha value is -4.24. The average Bonchev–Trinajstić information content (AvgIpc) is 3.82. The predicted octanol–water partition coefficient (Wildman–Crippen LogP) is -1.80. The predicted molar refractivity (Wildman–Crippen MR) is 195 cm³/mol. The number of imidazole rings is 1. The summed E-state index contributed by atoms with van der Waals surface area (Å²) in [5.41, 5.74) is 10.7. The van der Waals surface area contributed by atoms with Crippen LogP contribution in [0.1, 0.15) is 38.1 Å². The second kappa shape index (κ2) is 18.4. The smallest absolute Gasteiger partial charge is 0.455 e. The van der Waals surface area contributed by atoms with Crippen molar-refractivity contribution >= 4 is 60.2 Å². The van der Waals surface area contributed by atoms with Gasteiger partial charge in [0.05, 0.1) is 25.3 Å². The van der Waals surface area contributed by atoms with E-state index in [2.05, 4.69) is 36.4 Å². The first-order valence-corrected chi connectivity index (χ1v) is 22.1. The van der Waals surface area contributed by atoms with E-state index in [1.165, 1.54) is 29.2 Å². The molecule has 5 heterocycles. The lowest BCUT2D eigenvalue weighted by Gasteiger charge is -2.25. The van der Waals surface area contributed by atoms with Gasteiger partial charge in [0, 0.05) is 25.3 Å². The van der Waals surface area contributed by atoms with Crippen LogP contribution in [0, 0.1) is 0 Å². The molecule has 2 unspecified atom stereocenters. The van der Waals surface area contributed by atoms with Gasteiger partial charge in [-0.25, -0.2) is 42.1 Å². The summed E-state index contributed by atoms with van der Waals surface area (Å²) >= 11 is 0. The molecular weight excluding hydrogens is 840 g/mol. The number of rotatable bonds is 19.